The fraction of sp³-hybridized carbons (Fsp3) is 0.387. The summed E-state index contributed by atoms with van der Waals surface area (Å²) in [5.41, 5.74) is 11.6. The molecule has 5 nitrogen and oxygen atoms in total. The van der Waals surface area contributed by atoms with Crippen LogP contribution in [0.5, 0.6) is 0 Å². The summed E-state index contributed by atoms with van der Waals surface area (Å²) in [4.78, 5) is 14.7. The summed E-state index contributed by atoms with van der Waals surface area (Å²) in [5, 5.41) is 3.00. The molecule has 3 rings (SSSR count). The molecule has 5 heteroatoms. The first-order valence-electron chi connectivity index (χ1n) is 13.1. The average molecular weight is 492 g/mol. The zero-order valence-corrected chi connectivity index (χ0v) is 23.0. The largest absolute Gasteiger partial charge is 0.383 e. The standard InChI is InChI=1S/C27H33N3O2.2C2H6/c1-3-7-21-10-12-23(13-11-21)24-14-16-26(17-15-24)30(19-25(28)20-32-2)27(31)29-18-22-8-5-4-6-9-22;2*1-2/h4-6,8-17,25H,3,7,18-20,28H2,1-2H3,(H,29,31);2*1-2H3. The molecule has 0 aliphatic rings. The SMILES string of the molecule is CC.CC.CCCc1ccc(-c2ccc(N(CC(N)COC)C(=O)NCc3ccccc3)cc2)cc1. The zero-order chi connectivity index (χ0) is 26.8. The van der Waals surface area contributed by atoms with Gasteiger partial charge in [0.15, 0.2) is 0 Å². The lowest BCUT2D eigenvalue weighted by atomic mass is 10.0. The van der Waals surface area contributed by atoms with Gasteiger partial charge in [0.25, 0.3) is 0 Å². The van der Waals surface area contributed by atoms with E-state index in [1.54, 1.807) is 12.0 Å². The first kappa shape index (κ1) is 30.9. The molecule has 36 heavy (non-hydrogen) atoms. The number of ether oxygens (including phenoxy) is 1. The molecule has 0 aliphatic carbocycles. The highest BCUT2D eigenvalue weighted by atomic mass is 16.5. The van der Waals surface area contributed by atoms with Crippen LogP contribution in [0.1, 0.15) is 52.2 Å². The Bertz CT molecular complexity index is 957. The molecule has 0 bridgehead atoms. The Morgan fingerprint density at radius 1 is 0.861 bits per heavy atom. The van der Waals surface area contributed by atoms with Gasteiger partial charge in [0.05, 0.1) is 6.61 Å². The van der Waals surface area contributed by atoms with E-state index in [1.165, 1.54) is 5.56 Å². The highest BCUT2D eigenvalue weighted by molar-refractivity contribution is 5.92. The van der Waals surface area contributed by atoms with Crippen molar-refractivity contribution in [1.82, 2.24) is 5.32 Å². The minimum atomic E-state index is -0.284. The number of nitrogens with two attached hydrogens (primary N) is 1. The van der Waals surface area contributed by atoms with Crippen molar-refractivity contribution in [3.8, 4) is 11.1 Å². The molecule has 0 radical (unpaired) electrons. The second kappa shape index (κ2) is 18.2. The minimum Gasteiger partial charge on any atom is -0.383 e. The average Bonchev–Trinajstić information content (AvgIpc) is 2.94. The van der Waals surface area contributed by atoms with Crippen LogP contribution < -0.4 is 16.0 Å². The second-order valence-corrected chi connectivity index (χ2v) is 7.96. The van der Waals surface area contributed by atoms with Crippen LogP contribution in [0.2, 0.25) is 0 Å². The van der Waals surface area contributed by atoms with Crippen molar-refractivity contribution in [3.05, 3.63) is 90.0 Å². The molecule has 3 N–H and O–H groups in total. The van der Waals surface area contributed by atoms with E-state index in [4.69, 9.17) is 10.5 Å². The molecular weight excluding hydrogens is 446 g/mol. The molecule has 0 saturated carbocycles. The molecule has 0 spiro atoms. The van der Waals surface area contributed by atoms with Gasteiger partial charge in [0.1, 0.15) is 0 Å². The number of carbonyl (C=O) groups excluding carboxylic acids is 1. The number of hydrogen-bond acceptors (Lipinski definition) is 3. The van der Waals surface area contributed by atoms with Gasteiger partial charge >= 0.3 is 6.03 Å². The Labute approximate surface area is 218 Å². The molecule has 0 aromatic heterocycles. The van der Waals surface area contributed by atoms with Crippen LogP contribution in [0, 0.1) is 0 Å². The van der Waals surface area contributed by atoms with Crippen LogP contribution in [-0.4, -0.2) is 32.3 Å². The number of aryl methyl sites for hydroxylation is 1. The van der Waals surface area contributed by atoms with E-state index in [-0.39, 0.29) is 12.1 Å². The Hall–Kier alpha value is -3.15. The maximum absolute atomic E-state index is 13.0. The third-order valence-electron chi connectivity index (χ3n) is 5.33. The zero-order valence-electron chi connectivity index (χ0n) is 23.0. The molecule has 3 aromatic carbocycles. The number of benzene rings is 3. The molecule has 2 amide bonds. The van der Waals surface area contributed by atoms with Gasteiger partial charge in [0, 0.05) is 31.9 Å². The third kappa shape index (κ3) is 10.2. The number of carbonyl (C=O) groups is 1. The lowest BCUT2D eigenvalue weighted by molar-refractivity contribution is 0.181. The van der Waals surface area contributed by atoms with E-state index >= 15 is 0 Å². The van der Waals surface area contributed by atoms with E-state index in [2.05, 4.69) is 36.5 Å². The minimum absolute atomic E-state index is 0.183. The van der Waals surface area contributed by atoms with Gasteiger partial charge in [0.2, 0.25) is 0 Å². The van der Waals surface area contributed by atoms with Gasteiger partial charge in [-0.1, -0.05) is 108 Å². The summed E-state index contributed by atoms with van der Waals surface area (Å²) in [6.45, 7) is 11.4. The molecule has 0 saturated heterocycles. The quantitative estimate of drug-likeness (QED) is 0.319. The summed E-state index contributed by atoms with van der Waals surface area (Å²) < 4.78 is 5.17. The van der Waals surface area contributed by atoms with Gasteiger partial charge < -0.3 is 15.8 Å². The summed E-state index contributed by atoms with van der Waals surface area (Å²) in [7, 11) is 1.61. The molecule has 1 unspecified atom stereocenters. The number of amides is 2. The molecule has 196 valence electrons. The predicted molar refractivity (Wildman–Crippen MR) is 154 cm³/mol. The fourth-order valence-corrected chi connectivity index (χ4v) is 3.66. The molecule has 1 atom stereocenters. The van der Waals surface area contributed by atoms with Crippen LogP contribution in [0.25, 0.3) is 11.1 Å². The predicted octanol–water partition coefficient (Wildman–Crippen LogP) is 7.05. The van der Waals surface area contributed by atoms with Crippen molar-refractivity contribution >= 4 is 11.7 Å². The van der Waals surface area contributed by atoms with E-state index in [1.807, 2.05) is 82.3 Å². The van der Waals surface area contributed by atoms with Gasteiger partial charge in [-0.15, -0.1) is 0 Å². The lowest BCUT2D eigenvalue weighted by Gasteiger charge is -2.26. The maximum Gasteiger partial charge on any atom is 0.322 e. The van der Waals surface area contributed by atoms with Gasteiger partial charge in [-0.2, -0.15) is 0 Å². The van der Waals surface area contributed by atoms with E-state index in [9.17, 15) is 4.79 Å². The Balaban J connectivity index is 0.00000154. The molecule has 3 aromatic rings. The number of nitrogens with one attached hydrogen (secondary N) is 1. The summed E-state index contributed by atoms with van der Waals surface area (Å²) in [5.74, 6) is 0. The van der Waals surface area contributed by atoms with E-state index < -0.39 is 0 Å². The van der Waals surface area contributed by atoms with Gasteiger partial charge in [-0.05, 0) is 40.8 Å². The van der Waals surface area contributed by atoms with Crippen LogP contribution >= 0.6 is 0 Å². The molecule has 0 heterocycles. The number of anilines is 1. The smallest absolute Gasteiger partial charge is 0.322 e. The van der Waals surface area contributed by atoms with Crippen molar-refractivity contribution in [3.63, 3.8) is 0 Å². The van der Waals surface area contributed by atoms with Crippen LogP contribution in [0.15, 0.2) is 78.9 Å². The highest BCUT2D eigenvalue weighted by Crippen LogP contribution is 2.24. The van der Waals surface area contributed by atoms with Crippen molar-refractivity contribution < 1.29 is 9.53 Å². The van der Waals surface area contributed by atoms with E-state index in [0.717, 1.165) is 35.2 Å². The monoisotopic (exact) mass is 491 g/mol. The maximum atomic E-state index is 13.0. The van der Waals surface area contributed by atoms with Crippen LogP contribution in [0.3, 0.4) is 0 Å². The van der Waals surface area contributed by atoms with Gasteiger partial charge in [-0.3, -0.25) is 4.90 Å². The molecule has 0 aliphatic heterocycles. The van der Waals surface area contributed by atoms with Crippen molar-refractivity contribution in [2.75, 3.05) is 25.2 Å². The Kier molecular flexibility index (Phi) is 15.6. The molecular formula is C31H45N3O2. The number of urea groups is 1. The molecule has 0 fully saturated rings. The second-order valence-electron chi connectivity index (χ2n) is 7.96. The van der Waals surface area contributed by atoms with Crippen LogP contribution in [0.4, 0.5) is 10.5 Å². The first-order valence-corrected chi connectivity index (χ1v) is 13.1. The van der Waals surface area contributed by atoms with Crippen molar-refractivity contribution in [2.24, 2.45) is 5.73 Å². The summed E-state index contributed by atoms with van der Waals surface area (Å²) in [6, 6.07) is 26.1. The Morgan fingerprint density at radius 3 is 1.94 bits per heavy atom. The van der Waals surface area contributed by atoms with Crippen LogP contribution in [-0.2, 0) is 17.7 Å². The van der Waals surface area contributed by atoms with Crippen molar-refractivity contribution in [2.45, 2.75) is 60.0 Å². The normalized spacial score (nSPS) is 10.8. The number of nitrogens with zero attached hydrogens (tertiary/aromatic N) is 1. The first-order chi connectivity index (χ1) is 17.6. The summed E-state index contributed by atoms with van der Waals surface area (Å²) in [6.07, 6.45) is 2.23. The number of rotatable bonds is 10. The highest BCUT2D eigenvalue weighted by Gasteiger charge is 2.19. The van der Waals surface area contributed by atoms with Gasteiger partial charge in [-0.25, -0.2) is 4.79 Å². The number of methoxy groups -OCH3 is 1. The van der Waals surface area contributed by atoms with Crippen molar-refractivity contribution in [1.29, 1.82) is 0 Å². The van der Waals surface area contributed by atoms with E-state index in [0.29, 0.717) is 19.7 Å². The third-order valence-corrected chi connectivity index (χ3v) is 5.33. The Morgan fingerprint density at radius 2 is 1.42 bits per heavy atom. The topological polar surface area (TPSA) is 67.6 Å². The summed E-state index contributed by atoms with van der Waals surface area (Å²) >= 11 is 0. The lowest BCUT2D eigenvalue weighted by Crippen LogP contribution is -2.47. The number of hydrogen-bond donors (Lipinski definition) is 2. The fourth-order valence-electron chi connectivity index (χ4n) is 3.66.